The van der Waals surface area contributed by atoms with Crippen molar-refractivity contribution in [2.75, 3.05) is 13.1 Å². The number of rotatable bonds is 8. The van der Waals surface area contributed by atoms with Crippen LogP contribution >= 0.6 is 0 Å². The maximum Gasteiger partial charge on any atom is 0.252 e. The first-order chi connectivity index (χ1) is 16.7. The quantitative estimate of drug-likeness (QED) is 0.507. The van der Waals surface area contributed by atoms with Crippen LogP contribution in [0.4, 0.5) is 0 Å². The fourth-order valence-corrected chi connectivity index (χ4v) is 5.84. The summed E-state index contributed by atoms with van der Waals surface area (Å²) in [5.74, 6) is 0.238. The molecule has 2 heterocycles. The Bertz CT molecular complexity index is 979. The molecule has 2 aromatic carbocycles. The molecule has 2 aromatic rings. The van der Waals surface area contributed by atoms with Gasteiger partial charge in [-0.1, -0.05) is 60.7 Å². The van der Waals surface area contributed by atoms with E-state index in [2.05, 4.69) is 77.4 Å². The first kappa shape index (κ1) is 23.3. The number of carbonyl (C=O) groups is 1. The van der Waals surface area contributed by atoms with Gasteiger partial charge in [0.1, 0.15) is 0 Å². The lowest BCUT2D eigenvalue weighted by atomic mass is 9.93. The van der Waals surface area contributed by atoms with Gasteiger partial charge in [0.25, 0.3) is 5.91 Å². The van der Waals surface area contributed by atoms with E-state index in [1.807, 2.05) is 0 Å². The minimum Gasteiger partial charge on any atom is -0.351 e. The number of ether oxygens (including phenoxy) is 1. The van der Waals surface area contributed by atoms with Crippen LogP contribution < -0.4 is 0 Å². The van der Waals surface area contributed by atoms with Gasteiger partial charge in [-0.2, -0.15) is 0 Å². The molecule has 34 heavy (non-hydrogen) atoms. The topological polar surface area (TPSA) is 32.8 Å². The third-order valence-electron chi connectivity index (χ3n) is 7.83. The Morgan fingerprint density at radius 2 is 1.56 bits per heavy atom. The van der Waals surface area contributed by atoms with Gasteiger partial charge in [-0.3, -0.25) is 9.69 Å². The molecule has 180 valence electrons. The summed E-state index contributed by atoms with van der Waals surface area (Å²) in [6, 6.07) is 21.5. The van der Waals surface area contributed by atoms with E-state index in [0.717, 1.165) is 70.2 Å². The van der Waals surface area contributed by atoms with Crippen LogP contribution in [0.25, 0.3) is 0 Å². The third-order valence-corrected chi connectivity index (χ3v) is 7.83. The molecule has 0 aromatic heterocycles. The predicted molar refractivity (Wildman–Crippen MR) is 136 cm³/mol. The molecular formula is C30H38N2O2. The number of carbonyl (C=O) groups excluding carboxylic acids is 1. The molecule has 2 atom stereocenters. The molecule has 2 aliphatic heterocycles. The molecule has 0 saturated carbocycles. The lowest BCUT2D eigenvalue weighted by molar-refractivity contribution is -0.146. The Kier molecular flexibility index (Phi) is 7.46. The molecule has 0 radical (unpaired) electrons. The van der Waals surface area contributed by atoms with Crippen molar-refractivity contribution in [1.29, 1.82) is 0 Å². The molecule has 3 aliphatic rings. The monoisotopic (exact) mass is 458 g/mol. The predicted octanol–water partition coefficient (Wildman–Crippen LogP) is 5.73. The molecular weight excluding hydrogens is 420 g/mol. The average Bonchev–Trinajstić information content (AvgIpc) is 3.16. The largest absolute Gasteiger partial charge is 0.351 e. The highest BCUT2D eigenvalue weighted by Gasteiger charge is 2.43. The van der Waals surface area contributed by atoms with E-state index in [1.54, 1.807) is 0 Å². The van der Waals surface area contributed by atoms with Gasteiger partial charge in [0.05, 0.1) is 6.10 Å². The second-order valence-corrected chi connectivity index (χ2v) is 10.2. The van der Waals surface area contributed by atoms with Crippen LogP contribution in [0.5, 0.6) is 0 Å². The van der Waals surface area contributed by atoms with Gasteiger partial charge in [0.2, 0.25) is 0 Å². The fourth-order valence-electron chi connectivity index (χ4n) is 5.84. The highest BCUT2D eigenvalue weighted by Crippen LogP contribution is 2.39. The Labute approximate surface area is 204 Å². The van der Waals surface area contributed by atoms with Crippen LogP contribution in [0.15, 0.2) is 71.8 Å². The van der Waals surface area contributed by atoms with E-state index in [4.69, 9.17) is 4.74 Å². The number of hydrogen-bond donors (Lipinski definition) is 0. The Balaban J connectivity index is 1.22. The molecule has 4 nitrogen and oxygen atoms in total. The van der Waals surface area contributed by atoms with Crippen molar-refractivity contribution < 1.29 is 9.53 Å². The summed E-state index contributed by atoms with van der Waals surface area (Å²) in [5, 5.41) is 0. The number of benzene rings is 2. The van der Waals surface area contributed by atoms with E-state index in [0.29, 0.717) is 0 Å². The van der Waals surface area contributed by atoms with Crippen molar-refractivity contribution in [1.82, 2.24) is 9.80 Å². The van der Waals surface area contributed by atoms with Crippen molar-refractivity contribution in [2.45, 2.75) is 83.2 Å². The maximum absolute atomic E-state index is 13.5. The Hall–Kier alpha value is -2.43. The molecule has 1 saturated heterocycles. The smallest absolute Gasteiger partial charge is 0.252 e. The minimum absolute atomic E-state index is 0.153. The van der Waals surface area contributed by atoms with Crippen LogP contribution in [-0.4, -0.2) is 47.2 Å². The minimum atomic E-state index is -0.153. The zero-order chi connectivity index (χ0) is 23.3. The Morgan fingerprint density at radius 3 is 2.26 bits per heavy atom. The zero-order valence-corrected chi connectivity index (χ0v) is 20.5. The molecule has 0 bridgehead atoms. The van der Waals surface area contributed by atoms with Crippen molar-refractivity contribution in [3.05, 3.63) is 82.9 Å². The van der Waals surface area contributed by atoms with Crippen LogP contribution in [0, 0.1) is 0 Å². The molecule has 5 rings (SSSR count). The summed E-state index contributed by atoms with van der Waals surface area (Å²) in [6.45, 7) is 5.32. The van der Waals surface area contributed by atoms with E-state index in [-0.39, 0.29) is 24.3 Å². The maximum atomic E-state index is 13.5. The molecule has 0 unspecified atom stereocenters. The van der Waals surface area contributed by atoms with Crippen LogP contribution in [0.2, 0.25) is 0 Å². The first-order valence-electron chi connectivity index (χ1n) is 13.2. The molecule has 1 fully saturated rings. The lowest BCUT2D eigenvalue weighted by Crippen LogP contribution is -2.47. The normalized spacial score (nSPS) is 22.8. The fraction of sp³-hybridized carbons (Fsp3) is 0.500. The summed E-state index contributed by atoms with van der Waals surface area (Å²) in [7, 11) is 0. The van der Waals surface area contributed by atoms with E-state index in [1.165, 1.54) is 23.1 Å². The van der Waals surface area contributed by atoms with Gasteiger partial charge < -0.3 is 9.64 Å². The van der Waals surface area contributed by atoms with Crippen molar-refractivity contribution in [3.63, 3.8) is 0 Å². The van der Waals surface area contributed by atoms with Crippen molar-refractivity contribution in [2.24, 2.45) is 0 Å². The summed E-state index contributed by atoms with van der Waals surface area (Å²) in [5.41, 5.74) is 5.06. The van der Waals surface area contributed by atoms with Crippen LogP contribution in [-0.2, 0) is 22.5 Å². The van der Waals surface area contributed by atoms with Gasteiger partial charge >= 0.3 is 0 Å². The van der Waals surface area contributed by atoms with E-state index in [9.17, 15) is 4.79 Å². The number of nitrogens with zero attached hydrogens (tertiary/aromatic N) is 2. The molecule has 1 aliphatic carbocycles. The summed E-state index contributed by atoms with van der Waals surface area (Å²) in [6.07, 6.45) is 8.33. The molecule has 0 N–H and O–H groups in total. The Morgan fingerprint density at radius 1 is 0.912 bits per heavy atom. The summed E-state index contributed by atoms with van der Waals surface area (Å²) >= 11 is 0. The molecule has 1 amide bonds. The SMILES string of the molecule is C[C@H](CCc1ccccc1)N1C(=O)C2=C(CCCC2)[C@@H]1OC1CCN(Cc2ccccc2)CC1. The van der Waals surface area contributed by atoms with Gasteiger partial charge in [0, 0.05) is 31.2 Å². The van der Waals surface area contributed by atoms with Gasteiger partial charge in [0.15, 0.2) is 6.23 Å². The number of likely N-dealkylation sites (tertiary alicyclic amines) is 1. The third kappa shape index (κ3) is 5.29. The summed E-state index contributed by atoms with van der Waals surface area (Å²) in [4.78, 5) is 18.1. The highest BCUT2D eigenvalue weighted by atomic mass is 16.5. The standard InChI is InChI=1S/C30H38N2O2/c1-23(16-17-24-10-4-2-5-11-24)32-29(33)27-14-8-9-15-28(27)30(32)34-26-18-20-31(21-19-26)22-25-12-6-3-7-13-25/h2-7,10-13,23,26,30H,8-9,14-22H2,1H3/t23-,30+/m1/s1. The zero-order valence-electron chi connectivity index (χ0n) is 20.5. The second-order valence-electron chi connectivity index (χ2n) is 10.2. The van der Waals surface area contributed by atoms with Crippen molar-refractivity contribution in [3.8, 4) is 0 Å². The van der Waals surface area contributed by atoms with Gasteiger partial charge in [-0.15, -0.1) is 0 Å². The average molecular weight is 459 g/mol. The molecule has 4 heteroatoms. The lowest BCUT2D eigenvalue weighted by Gasteiger charge is -2.38. The van der Waals surface area contributed by atoms with Crippen molar-refractivity contribution >= 4 is 5.91 Å². The van der Waals surface area contributed by atoms with E-state index >= 15 is 0 Å². The number of aryl methyl sites for hydroxylation is 1. The molecule has 0 spiro atoms. The first-order valence-corrected chi connectivity index (χ1v) is 13.2. The number of hydrogen-bond acceptors (Lipinski definition) is 3. The van der Waals surface area contributed by atoms with Gasteiger partial charge in [-0.05, 0) is 75.0 Å². The van der Waals surface area contributed by atoms with Crippen LogP contribution in [0.3, 0.4) is 0 Å². The summed E-state index contributed by atoms with van der Waals surface area (Å²) < 4.78 is 6.80. The van der Waals surface area contributed by atoms with Crippen LogP contribution in [0.1, 0.15) is 63.0 Å². The number of piperidine rings is 1. The van der Waals surface area contributed by atoms with E-state index < -0.39 is 0 Å². The highest BCUT2D eigenvalue weighted by molar-refractivity contribution is 5.97. The second kappa shape index (κ2) is 10.9. The van der Waals surface area contributed by atoms with Gasteiger partial charge in [-0.25, -0.2) is 0 Å². The number of amides is 1.